The van der Waals surface area contributed by atoms with Crippen LogP contribution in [-0.2, 0) is 21.4 Å². The van der Waals surface area contributed by atoms with E-state index >= 15 is 0 Å². The van der Waals surface area contributed by atoms with Crippen LogP contribution in [0.4, 0.5) is 0 Å². The first kappa shape index (κ1) is 20.4. The molecule has 1 aromatic heterocycles. The predicted molar refractivity (Wildman–Crippen MR) is 111 cm³/mol. The lowest BCUT2D eigenvalue weighted by atomic mass is 9.80. The summed E-state index contributed by atoms with van der Waals surface area (Å²) in [6.07, 6.45) is 1.64. The Morgan fingerprint density at radius 3 is 2.40 bits per heavy atom. The molecule has 0 radical (unpaired) electrons. The molecule has 160 valence electrons. The molecule has 8 heteroatoms. The Kier molecular flexibility index (Phi) is 5.49. The van der Waals surface area contributed by atoms with Crippen molar-refractivity contribution in [3.05, 3.63) is 41.5 Å². The van der Waals surface area contributed by atoms with Crippen molar-refractivity contribution in [1.82, 2.24) is 25.0 Å². The number of benzene rings is 1. The highest BCUT2D eigenvalue weighted by molar-refractivity contribution is 5.78. The number of aryl methyl sites for hydroxylation is 2. The molecule has 2 atom stereocenters. The number of likely N-dealkylation sites (tertiary alicyclic amines) is 2. The van der Waals surface area contributed by atoms with E-state index in [9.17, 15) is 9.59 Å². The molecule has 1 aromatic carbocycles. The summed E-state index contributed by atoms with van der Waals surface area (Å²) in [6, 6.07) is 7.83. The third kappa shape index (κ3) is 3.66. The molecular weight excluding hydrogens is 382 g/mol. The van der Waals surface area contributed by atoms with Crippen LogP contribution in [0.2, 0.25) is 0 Å². The van der Waals surface area contributed by atoms with E-state index in [1.165, 1.54) is 0 Å². The maximum absolute atomic E-state index is 13.0. The van der Waals surface area contributed by atoms with Crippen molar-refractivity contribution in [3.8, 4) is 5.75 Å². The fraction of sp³-hybridized carbons (Fsp3) is 0.545. The van der Waals surface area contributed by atoms with Crippen LogP contribution in [0.5, 0.6) is 5.75 Å². The van der Waals surface area contributed by atoms with E-state index in [1.807, 2.05) is 47.9 Å². The SMILES string of the molecule is CCC(=O)N1C[C@H]2CN(C(=O)CCc3ccc(OC)cc3)C[C@@]2(c2n[nH]c(C)n2)C1. The van der Waals surface area contributed by atoms with Gasteiger partial charge in [0.15, 0.2) is 5.82 Å². The van der Waals surface area contributed by atoms with Gasteiger partial charge in [0.1, 0.15) is 11.6 Å². The van der Waals surface area contributed by atoms with Gasteiger partial charge in [-0.05, 0) is 31.0 Å². The van der Waals surface area contributed by atoms with Gasteiger partial charge in [-0.25, -0.2) is 4.98 Å². The second-order valence-corrected chi connectivity index (χ2v) is 8.35. The third-order valence-corrected chi connectivity index (χ3v) is 6.45. The molecule has 2 fully saturated rings. The summed E-state index contributed by atoms with van der Waals surface area (Å²) in [5.74, 6) is 2.73. The largest absolute Gasteiger partial charge is 0.497 e. The van der Waals surface area contributed by atoms with E-state index in [-0.39, 0.29) is 23.1 Å². The second kappa shape index (κ2) is 8.08. The fourth-order valence-corrected chi connectivity index (χ4v) is 4.75. The summed E-state index contributed by atoms with van der Waals surface area (Å²) in [5.41, 5.74) is 0.730. The number of methoxy groups -OCH3 is 1. The van der Waals surface area contributed by atoms with Gasteiger partial charge in [0.25, 0.3) is 0 Å². The standard InChI is InChI=1S/C22H29N5O3/c1-4-19(28)26-11-17-12-27(14-22(17,13-26)21-23-15(2)24-25-21)20(29)10-7-16-5-8-18(30-3)9-6-16/h5-6,8-9,17H,4,7,10-14H2,1-3H3,(H,23,24,25)/t17-,22-/m0/s1. The molecule has 2 aliphatic heterocycles. The summed E-state index contributed by atoms with van der Waals surface area (Å²) < 4.78 is 5.19. The first-order valence-corrected chi connectivity index (χ1v) is 10.5. The topological polar surface area (TPSA) is 91.4 Å². The van der Waals surface area contributed by atoms with Crippen molar-refractivity contribution in [3.63, 3.8) is 0 Å². The van der Waals surface area contributed by atoms with Gasteiger partial charge < -0.3 is 14.5 Å². The average molecular weight is 412 g/mol. The van der Waals surface area contributed by atoms with Gasteiger partial charge in [0, 0.05) is 44.9 Å². The van der Waals surface area contributed by atoms with Crippen LogP contribution in [0.25, 0.3) is 0 Å². The minimum absolute atomic E-state index is 0.139. The molecule has 2 aliphatic rings. The van der Waals surface area contributed by atoms with Crippen molar-refractivity contribution < 1.29 is 14.3 Å². The molecule has 2 saturated heterocycles. The van der Waals surface area contributed by atoms with Crippen LogP contribution in [0.1, 0.15) is 37.0 Å². The van der Waals surface area contributed by atoms with Crippen molar-refractivity contribution in [2.24, 2.45) is 5.92 Å². The molecule has 1 N–H and O–H groups in total. The van der Waals surface area contributed by atoms with Crippen LogP contribution < -0.4 is 4.74 Å². The zero-order chi connectivity index (χ0) is 21.3. The summed E-state index contributed by atoms with van der Waals surface area (Å²) in [4.78, 5) is 33.8. The van der Waals surface area contributed by atoms with E-state index in [0.717, 1.165) is 23.0 Å². The fourth-order valence-electron chi connectivity index (χ4n) is 4.75. The third-order valence-electron chi connectivity index (χ3n) is 6.45. The lowest BCUT2D eigenvalue weighted by Gasteiger charge is -2.26. The number of hydrogen-bond donors (Lipinski definition) is 1. The molecule has 2 amide bonds. The Morgan fingerprint density at radius 2 is 1.83 bits per heavy atom. The van der Waals surface area contributed by atoms with Crippen molar-refractivity contribution >= 4 is 11.8 Å². The number of hydrogen-bond acceptors (Lipinski definition) is 5. The molecule has 0 unspecified atom stereocenters. The first-order chi connectivity index (χ1) is 14.4. The normalized spacial score (nSPS) is 23.0. The van der Waals surface area contributed by atoms with E-state index < -0.39 is 0 Å². The monoisotopic (exact) mass is 411 g/mol. The number of H-pyrrole nitrogens is 1. The molecule has 0 bridgehead atoms. The van der Waals surface area contributed by atoms with Crippen LogP contribution in [0.3, 0.4) is 0 Å². The molecule has 4 rings (SSSR count). The van der Waals surface area contributed by atoms with E-state index in [1.54, 1.807) is 7.11 Å². The summed E-state index contributed by atoms with van der Waals surface area (Å²) >= 11 is 0. The number of nitrogens with one attached hydrogen (secondary N) is 1. The number of aromatic nitrogens is 3. The summed E-state index contributed by atoms with van der Waals surface area (Å²) in [5, 5.41) is 7.36. The molecule has 30 heavy (non-hydrogen) atoms. The highest BCUT2D eigenvalue weighted by Crippen LogP contribution is 2.44. The summed E-state index contributed by atoms with van der Waals surface area (Å²) in [6.45, 7) is 6.19. The minimum atomic E-state index is -0.384. The molecule has 2 aromatic rings. The Morgan fingerprint density at radius 1 is 1.17 bits per heavy atom. The smallest absolute Gasteiger partial charge is 0.222 e. The van der Waals surface area contributed by atoms with Gasteiger partial charge in [0.05, 0.1) is 12.5 Å². The average Bonchev–Trinajstić information content (AvgIpc) is 3.44. The molecular formula is C22H29N5O3. The van der Waals surface area contributed by atoms with E-state index in [4.69, 9.17) is 4.74 Å². The Bertz CT molecular complexity index is 925. The number of fused-ring (bicyclic) bond motifs is 1. The zero-order valence-corrected chi connectivity index (χ0v) is 17.9. The molecule has 0 spiro atoms. The van der Waals surface area contributed by atoms with Gasteiger partial charge in [0.2, 0.25) is 11.8 Å². The van der Waals surface area contributed by atoms with Crippen molar-refractivity contribution in [2.45, 2.75) is 38.5 Å². The molecule has 8 nitrogen and oxygen atoms in total. The van der Waals surface area contributed by atoms with Crippen LogP contribution in [0, 0.1) is 12.8 Å². The Hall–Kier alpha value is -2.90. The number of ether oxygens (including phenoxy) is 1. The maximum atomic E-state index is 13.0. The Balaban J connectivity index is 1.46. The summed E-state index contributed by atoms with van der Waals surface area (Å²) in [7, 11) is 1.64. The predicted octanol–water partition coefficient (Wildman–Crippen LogP) is 1.70. The number of carbonyl (C=O) groups is 2. The highest BCUT2D eigenvalue weighted by Gasteiger charge is 2.57. The van der Waals surface area contributed by atoms with Crippen LogP contribution in [0.15, 0.2) is 24.3 Å². The molecule has 3 heterocycles. The second-order valence-electron chi connectivity index (χ2n) is 8.35. The van der Waals surface area contributed by atoms with Crippen LogP contribution in [-0.4, -0.2) is 70.1 Å². The van der Waals surface area contributed by atoms with E-state index in [2.05, 4.69) is 15.2 Å². The van der Waals surface area contributed by atoms with Gasteiger partial charge in [-0.3, -0.25) is 14.7 Å². The lowest BCUT2D eigenvalue weighted by molar-refractivity contribution is -0.131. The maximum Gasteiger partial charge on any atom is 0.222 e. The number of carbonyl (C=O) groups excluding carboxylic acids is 2. The molecule has 0 aliphatic carbocycles. The van der Waals surface area contributed by atoms with Crippen molar-refractivity contribution in [2.75, 3.05) is 33.3 Å². The van der Waals surface area contributed by atoms with Crippen LogP contribution >= 0.6 is 0 Å². The quantitative estimate of drug-likeness (QED) is 0.781. The first-order valence-electron chi connectivity index (χ1n) is 10.5. The highest BCUT2D eigenvalue weighted by atomic mass is 16.5. The van der Waals surface area contributed by atoms with Gasteiger partial charge in [-0.2, -0.15) is 5.10 Å². The van der Waals surface area contributed by atoms with Crippen molar-refractivity contribution in [1.29, 1.82) is 0 Å². The lowest BCUT2D eigenvalue weighted by Crippen LogP contribution is -2.41. The minimum Gasteiger partial charge on any atom is -0.497 e. The van der Waals surface area contributed by atoms with Gasteiger partial charge >= 0.3 is 0 Å². The number of amides is 2. The number of rotatable bonds is 6. The zero-order valence-electron chi connectivity index (χ0n) is 17.9. The van der Waals surface area contributed by atoms with E-state index in [0.29, 0.717) is 45.4 Å². The number of nitrogens with zero attached hydrogens (tertiary/aromatic N) is 4. The number of aromatic amines is 1. The van der Waals surface area contributed by atoms with Gasteiger partial charge in [-0.1, -0.05) is 19.1 Å². The molecule has 0 saturated carbocycles. The van der Waals surface area contributed by atoms with Gasteiger partial charge in [-0.15, -0.1) is 0 Å². The Labute approximate surface area is 176 Å².